The maximum atomic E-state index is 12.5. The topological polar surface area (TPSA) is 26.3 Å². The first kappa shape index (κ1) is 14.5. The molecule has 1 aromatic carbocycles. The van der Waals surface area contributed by atoms with E-state index in [2.05, 4.69) is 4.74 Å². The minimum absolute atomic E-state index is 0.175. The lowest BCUT2D eigenvalue weighted by Gasteiger charge is -2.40. The van der Waals surface area contributed by atoms with Crippen molar-refractivity contribution in [1.29, 1.82) is 0 Å². The molecule has 0 spiro atoms. The molecule has 0 aliphatic rings. The quantitative estimate of drug-likeness (QED) is 0.464. The third-order valence-corrected chi connectivity index (χ3v) is 3.06. The summed E-state index contributed by atoms with van der Waals surface area (Å²) in [4.78, 5) is 8.72. The van der Waals surface area contributed by atoms with Crippen LogP contribution in [0.2, 0.25) is 0 Å². The maximum absolute atomic E-state index is 12.5. The SMILES string of the molecule is COC(=O)/C=C/c1cccc(S(F)(F)(F)(F)F)c1. The van der Waals surface area contributed by atoms with E-state index >= 15 is 0 Å². The van der Waals surface area contributed by atoms with E-state index in [1.54, 1.807) is 0 Å². The molecule has 0 unspecified atom stereocenters. The summed E-state index contributed by atoms with van der Waals surface area (Å²) in [5.74, 6) is -0.798. The second-order valence-electron chi connectivity index (χ2n) is 3.40. The number of hydrogen-bond donors (Lipinski definition) is 0. The van der Waals surface area contributed by atoms with E-state index < -0.39 is 21.1 Å². The van der Waals surface area contributed by atoms with Crippen LogP contribution in [0.25, 0.3) is 6.08 Å². The summed E-state index contributed by atoms with van der Waals surface area (Å²) in [6.07, 6.45) is 1.79. The monoisotopic (exact) mass is 288 g/mol. The smallest absolute Gasteiger partial charge is 0.330 e. The molecule has 0 aliphatic heterocycles. The summed E-state index contributed by atoms with van der Waals surface area (Å²) < 4.78 is 66.6. The Morgan fingerprint density at radius 3 is 2.33 bits per heavy atom. The molecule has 0 amide bonds. The van der Waals surface area contributed by atoms with Gasteiger partial charge in [-0.3, -0.25) is 0 Å². The number of esters is 1. The molecule has 0 saturated heterocycles. The number of ether oxygens (including phenoxy) is 1. The second kappa shape index (κ2) is 3.71. The van der Waals surface area contributed by atoms with Gasteiger partial charge < -0.3 is 4.74 Å². The fourth-order valence-electron chi connectivity index (χ4n) is 1.09. The summed E-state index contributed by atoms with van der Waals surface area (Å²) in [5, 5.41) is 0. The lowest BCUT2D eigenvalue weighted by atomic mass is 10.2. The first-order chi connectivity index (χ1) is 7.92. The Bertz CT molecular complexity index is 506. The molecule has 0 radical (unpaired) electrons. The zero-order valence-corrected chi connectivity index (χ0v) is 9.90. The third-order valence-electron chi connectivity index (χ3n) is 1.92. The molecule has 0 fully saturated rings. The van der Waals surface area contributed by atoms with Crippen molar-refractivity contribution < 1.29 is 29.0 Å². The van der Waals surface area contributed by atoms with Crippen molar-refractivity contribution in [3.05, 3.63) is 35.9 Å². The molecule has 0 aromatic heterocycles. The molecule has 0 N–H and O–H groups in total. The molecular formula is C10H9F5O2S. The van der Waals surface area contributed by atoms with Gasteiger partial charge in [0.2, 0.25) is 0 Å². The van der Waals surface area contributed by atoms with Gasteiger partial charge in [-0.25, -0.2) is 4.79 Å². The normalized spacial score (nSPS) is 16.1. The highest BCUT2D eigenvalue weighted by Gasteiger charge is 2.65. The standard InChI is InChI=1S/C10H9F5O2S/c1-17-10(16)6-5-8-3-2-4-9(7-8)18(11,12,13,14)15/h2-7H,1H3/b6-5+. The van der Waals surface area contributed by atoms with Crippen LogP contribution in [0.5, 0.6) is 0 Å². The minimum Gasteiger partial charge on any atom is -0.466 e. The molecular weight excluding hydrogens is 279 g/mol. The van der Waals surface area contributed by atoms with Crippen molar-refractivity contribution in [1.82, 2.24) is 0 Å². The van der Waals surface area contributed by atoms with Crippen molar-refractivity contribution in [3.63, 3.8) is 0 Å². The summed E-state index contributed by atoms with van der Waals surface area (Å²) in [6, 6.07) is 2.56. The van der Waals surface area contributed by atoms with E-state index in [1.165, 1.54) is 0 Å². The number of carbonyl (C=O) groups is 1. The lowest BCUT2D eigenvalue weighted by molar-refractivity contribution is -0.134. The number of halogens is 5. The van der Waals surface area contributed by atoms with Gasteiger partial charge in [-0.2, -0.15) is 0 Å². The van der Waals surface area contributed by atoms with Crippen LogP contribution in [0.3, 0.4) is 0 Å². The Labute approximate surface area is 99.8 Å². The molecule has 0 saturated carbocycles. The van der Waals surface area contributed by atoms with Gasteiger partial charge in [-0.1, -0.05) is 31.6 Å². The van der Waals surface area contributed by atoms with E-state index in [0.717, 1.165) is 31.4 Å². The Hall–Kier alpha value is -1.57. The van der Waals surface area contributed by atoms with Crippen molar-refractivity contribution in [2.24, 2.45) is 0 Å². The van der Waals surface area contributed by atoms with Crippen molar-refractivity contribution in [2.75, 3.05) is 7.11 Å². The van der Waals surface area contributed by atoms with E-state index in [-0.39, 0.29) is 17.7 Å². The second-order valence-corrected chi connectivity index (χ2v) is 5.81. The predicted molar refractivity (Wildman–Crippen MR) is 58.9 cm³/mol. The maximum Gasteiger partial charge on any atom is 0.330 e. The summed E-state index contributed by atoms with van der Waals surface area (Å²) in [5.41, 5.74) is -0.175. The van der Waals surface area contributed by atoms with Gasteiger partial charge in [0.05, 0.1) is 7.11 Å². The number of carbonyl (C=O) groups excluding carboxylic acids is 1. The Morgan fingerprint density at radius 2 is 1.83 bits per heavy atom. The molecule has 102 valence electrons. The van der Waals surface area contributed by atoms with Crippen LogP contribution in [0.1, 0.15) is 5.56 Å². The van der Waals surface area contributed by atoms with Gasteiger partial charge in [0, 0.05) is 6.08 Å². The van der Waals surface area contributed by atoms with Gasteiger partial charge >= 0.3 is 16.2 Å². The van der Waals surface area contributed by atoms with Crippen molar-refractivity contribution in [2.45, 2.75) is 4.90 Å². The molecule has 8 heteroatoms. The van der Waals surface area contributed by atoms with Gasteiger partial charge in [-0.15, -0.1) is 0 Å². The van der Waals surface area contributed by atoms with Crippen LogP contribution in [0.4, 0.5) is 19.4 Å². The number of benzene rings is 1. The van der Waals surface area contributed by atoms with Crippen LogP contribution in [0.15, 0.2) is 35.2 Å². The first-order valence-electron chi connectivity index (χ1n) is 4.52. The average Bonchev–Trinajstić information content (AvgIpc) is 2.23. The molecule has 1 aromatic rings. The zero-order valence-electron chi connectivity index (χ0n) is 9.08. The highest BCUT2D eigenvalue weighted by Crippen LogP contribution is 3.02. The lowest BCUT2D eigenvalue weighted by Crippen LogP contribution is -2.05. The highest BCUT2D eigenvalue weighted by molar-refractivity contribution is 8.45. The van der Waals surface area contributed by atoms with Crippen LogP contribution >= 0.6 is 10.2 Å². The van der Waals surface area contributed by atoms with Gasteiger partial charge in [-0.05, 0) is 23.8 Å². The highest BCUT2D eigenvalue weighted by atomic mass is 32.5. The van der Waals surface area contributed by atoms with Crippen molar-refractivity contribution >= 4 is 22.3 Å². The number of hydrogen-bond acceptors (Lipinski definition) is 2. The van der Waals surface area contributed by atoms with Crippen molar-refractivity contribution in [3.8, 4) is 0 Å². The van der Waals surface area contributed by atoms with Crippen LogP contribution in [-0.4, -0.2) is 13.1 Å². The minimum atomic E-state index is -9.68. The largest absolute Gasteiger partial charge is 0.466 e. The molecule has 0 atom stereocenters. The fraction of sp³-hybridized carbons (Fsp3) is 0.100. The van der Waals surface area contributed by atoms with Gasteiger partial charge in [0.1, 0.15) is 4.90 Å². The molecule has 18 heavy (non-hydrogen) atoms. The fourth-order valence-corrected chi connectivity index (χ4v) is 1.79. The van der Waals surface area contributed by atoms with Crippen LogP contribution in [-0.2, 0) is 9.53 Å². The third kappa shape index (κ3) is 4.02. The summed E-state index contributed by atoms with van der Waals surface area (Å²) in [7, 11) is -8.60. The van der Waals surface area contributed by atoms with E-state index in [0.29, 0.717) is 0 Å². The summed E-state index contributed by atoms with van der Waals surface area (Å²) in [6.45, 7) is 0. The van der Waals surface area contributed by atoms with E-state index in [1.807, 2.05) is 0 Å². The Balaban J connectivity index is 3.17. The zero-order chi connectivity index (χ0) is 14.1. The molecule has 0 heterocycles. The molecule has 2 nitrogen and oxygen atoms in total. The van der Waals surface area contributed by atoms with Gasteiger partial charge in [0.25, 0.3) is 0 Å². The Kier molecular flexibility index (Phi) is 2.99. The van der Waals surface area contributed by atoms with E-state index in [4.69, 9.17) is 0 Å². The number of methoxy groups -OCH3 is 1. The summed E-state index contributed by atoms with van der Waals surface area (Å²) >= 11 is 0. The molecule has 0 aliphatic carbocycles. The first-order valence-corrected chi connectivity index (χ1v) is 6.48. The molecule has 1 rings (SSSR count). The van der Waals surface area contributed by atoms with E-state index in [9.17, 15) is 24.2 Å². The predicted octanol–water partition coefficient (Wildman–Crippen LogP) is 4.53. The van der Waals surface area contributed by atoms with Gasteiger partial charge in [0.15, 0.2) is 0 Å². The van der Waals surface area contributed by atoms with Crippen LogP contribution < -0.4 is 0 Å². The molecule has 0 bridgehead atoms. The number of rotatable bonds is 3. The average molecular weight is 288 g/mol. The van der Waals surface area contributed by atoms with Crippen LogP contribution in [0, 0.1) is 0 Å². The Morgan fingerprint density at radius 1 is 1.22 bits per heavy atom.